The van der Waals surface area contributed by atoms with E-state index in [0.717, 1.165) is 12.1 Å². The first kappa shape index (κ1) is 12.1. The van der Waals surface area contributed by atoms with Gasteiger partial charge in [0.15, 0.2) is 0 Å². The van der Waals surface area contributed by atoms with Crippen LogP contribution in [-0.2, 0) is 0 Å². The van der Waals surface area contributed by atoms with Crippen molar-refractivity contribution in [2.24, 2.45) is 0 Å². The molecule has 2 nitrogen and oxygen atoms in total. The molecule has 0 saturated carbocycles. The zero-order valence-corrected chi connectivity index (χ0v) is 8.46. The zero-order chi connectivity index (χ0) is 10.1. The predicted molar refractivity (Wildman–Crippen MR) is 57.6 cm³/mol. The smallest absolute Gasteiger partial charge is 0.0914 e. The maximum Gasteiger partial charge on any atom is 0.0914 e. The largest absolute Gasteiger partial charge is 0.387 e. The van der Waals surface area contributed by atoms with Crippen LogP contribution in [0.4, 0.5) is 0 Å². The number of likely N-dealkylation sites (N-methyl/N-ethyl adjacent to an activating group) is 1. The maximum absolute atomic E-state index is 9.67. The molecule has 0 radical (unpaired) electrons. The van der Waals surface area contributed by atoms with Crippen LogP contribution in [0.1, 0.15) is 13.8 Å². The summed E-state index contributed by atoms with van der Waals surface area (Å²) >= 11 is 0. The number of aliphatic hydroxyl groups excluding tert-OH is 1. The molecule has 0 heterocycles. The molecule has 0 fully saturated rings. The van der Waals surface area contributed by atoms with Gasteiger partial charge in [0.25, 0.3) is 0 Å². The molecule has 0 aromatic rings. The van der Waals surface area contributed by atoms with Gasteiger partial charge < -0.3 is 10.4 Å². The fourth-order valence-corrected chi connectivity index (χ4v) is 1.01. The van der Waals surface area contributed by atoms with E-state index in [4.69, 9.17) is 0 Å². The van der Waals surface area contributed by atoms with Crippen LogP contribution < -0.4 is 5.32 Å². The molecule has 2 N–H and O–H groups in total. The molecule has 0 rings (SSSR count). The van der Waals surface area contributed by atoms with Gasteiger partial charge in [-0.1, -0.05) is 37.8 Å². The van der Waals surface area contributed by atoms with Crippen molar-refractivity contribution < 1.29 is 5.11 Å². The van der Waals surface area contributed by atoms with E-state index in [1.807, 2.05) is 32.1 Å². The van der Waals surface area contributed by atoms with Crippen molar-refractivity contribution in [2.45, 2.75) is 20.0 Å². The minimum atomic E-state index is -0.450. The van der Waals surface area contributed by atoms with Crippen LogP contribution in [0.3, 0.4) is 0 Å². The minimum absolute atomic E-state index is 0.450. The molecule has 0 aliphatic rings. The van der Waals surface area contributed by atoms with Gasteiger partial charge in [0.2, 0.25) is 0 Å². The molecule has 0 amide bonds. The highest BCUT2D eigenvalue weighted by atomic mass is 16.3. The van der Waals surface area contributed by atoms with Crippen molar-refractivity contribution in [3.63, 3.8) is 0 Å². The van der Waals surface area contributed by atoms with Crippen molar-refractivity contribution in [3.05, 3.63) is 36.5 Å². The minimum Gasteiger partial charge on any atom is -0.387 e. The highest BCUT2D eigenvalue weighted by Gasteiger charge is 2.05. The topological polar surface area (TPSA) is 32.3 Å². The molecule has 0 aliphatic heterocycles. The van der Waals surface area contributed by atoms with Crippen LogP contribution in [0.25, 0.3) is 0 Å². The fourth-order valence-electron chi connectivity index (χ4n) is 1.01. The molecule has 0 aromatic carbocycles. The van der Waals surface area contributed by atoms with E-state index in [-0.39, 0.29) is 0 Å². The Hall–Kier alpha value is -0.860. The molecular weight excluding hydrogens is 162 g/mol. The molecule has 2 heteroatoms. The summed E-state index contributed by atoms with van der Waals surface area (Å²) in [5.74, 6) is 0. The maximum atomic E-state index is 9.67. The van der Waals surface area contributed by atoms with Crippen LogP contribution in [0.5, 0.6) is 0 Å². The normalized spacial score (nSPS) is 14.8. The molecule has 0 spiro atoms. The Kier molecular flexibility index (Phi) is 7.26. The number of allylic oxidation sites excluding steroid dienone is 3. The van der Waals surface area contributed by atoms with Gasteiger partial charge in [0.05, 0.1) is 6.10 Å². The van der Waals surface area contributed by atoms with Crippen LogP contribution in [0.2, 0.25) is 0 Å². The second kappa shape index (κ2) is 7.77. The number of aliphatic hydroxyl groups is 1. The van der Waals surface area contributed by atoms with E-state index in [0.29, 0.717) is 6.54 Å². The number of nitrogens with one attached hydrogen (secondary N) is 1. The molecular formula is C11H19NO. The number of hydrogen-bond donors (Lipinski definition) is 2. The van der Waals surface area contributed by atoms with Gasteiger partial charge in [0.1, 0.15) is 0 Å². The van der Waals surface area contributed by atoms with E-state index in [9.17, 15) is 5.11 Å². The summed E-state index contributed by atoms with van der Waals surface area (Å²) in [7, 11) is 0. The van der Waals surface area contributed by atoms with E-state index in [1.54, 1.807) is 6.08 Å². The monoisotopic (exact) mass is 181 g/mol. The molecule has 13 heavy (non-hydrogen) atoms. The van der Waals surface area contributed by atoms with E-state index >= 15 is 0 Å². The Morgan fingerprint density at radius 1 is 1.62 bits per heavy atom. The lowest BCUT2D eigenvalue weighted by atomic mass is 10.1. The van der Waals surface area contributed by atoms with Crippen molar-refractivity contribution >= 4 is 0 Å². The predicted octanol–water partition coefficient (Wildman–Crippen LogP) is 1.65. The van der Waals surface area contributed by atoms with Crippen LogP contribution >= 0.6 is 0 Å². The van der Waals surface area contributed by atoms with Gasteiger partial charge >= 0.3 is 0 Å². The molecule has 0 aromatic heterocycles. The Morgan fingerprint density at radius 2 is 2.31 bits per heavy atom. The first-order valence-corrected chi connectivity index (χ1v) is 4.60. The summed E-state index contributed by atoms with van der Waals surface area (Å²) in [6.07, 6.45) is 6.86. The van der Waals surface area contributed by atoms with Crippen molar-refractivity contribution in [1.82, 2.24) is 5.32 Å². The lowest BCUT2D eigenvalue weighted by Crippen LogP contribution is -2.27. The van der Waals surface area contributed by atoms with Gasteiger partial charge in [-0.3, -0.25) is 0 Å². The summed E-state index contributed by atoms with van der Waals surface area (Å²) in [4.78, 5) is 0. The Labute approximate surface area is 80.7 Å². The highest BCUT2D eigenvalue weighted by Crippen LogP contribution is 2.03. The fraction of sp³-hybridized carbons (Fsp3) is 0.455. The summed E-state index contributed by atoms with van der Waals surface area (Å²) in [5.41, 5.74) is 0.887. The third-order valence-electron chi connectivity index (χ3n) is 1.64. The lowest BCUT2D eigenvalue weighted by Gasteiger charge is -2.11. The van der Waals surface area contributed by atoms with Crippen molar-refractivity contribution in [1.29, 1.82) is 0 Å². The standard InChI is InChI=1S/C11H19NO/c1-4-7-10(8-5-2)11(13)9-12-6-3/h4-5,7-8,11-13H,1,6,9H2,2-3H3/b8-5-,10-7+. The summed E-state index contributed by atoms with van der Waals surface area (Å²) < 4.78 is 0. The van der Waals surface area contributed by atoms with Crippen LogP contribution in [-0.4, -0.2) is 24.3 Å². The second-order valence-corrected chi connectivity index (χ2v) is 2.73. The average molecular weight is 181 g/mol. The Bertz CT molecular complexity index is 194. The van der Waals surface area contributed by atoms with Gasteiger partial charge in [-0.15, -0.1) is 0 Å². The summed E-state index contributed by atoms with van der Waals surface area (Å²) in [6.45, 7) is 9.00. The molecule has 74 valence electrons. The van der Waals surface area contributed by atoms with Gasteiger partial charge in [0, 0.05) is 6.54 Å². The molecule has 1 unspecified atom stereocenters. The molecule has 1 atom stereocenters. The molecule has 0 bridgehead atoms. The average Bonchev–Trinajstić information content (AvgIpc) is 2.14. The lowest BCUT2D eigenvalue weighted by molar-refractivity contribution is 0.211. The zero-order valence-electron chi connectivity index (χ0n) is 8.46. The van der Waals surface area contributed by atoms with Gasteiger partial charge in [-0.05, 0) is 19.0 Å². The quantitative estimate of drug-likeness (QED) is 0.611. The second-order valence-electron chi connectivity index (χ2n) is 2.73. The Balaban J connectivity index is 4.19. The number of hydrogen-bond acceptors (Lipinski definition) is 2. The summed E-state index contributed by atoms with van der Waals surface area (Å²) in [5, 5.41) is 12.8. The summed E-state index contributed by atoms with van der Waals surface area (Å²) in [6, 6.07) is 0. The highest BCUT2D eigenvalue weighted by molar-refractivity contribution is 5.26. The van der Waals surface area contributed by atoms with E-state index in [1.165, 1.54) is 0 Å². The van der Waals surface area contributed by atoms with E-state index < -0.39 is 6.10 Å². The van der Waals surface area contributed by atoms with Crippen molar-refractivity contribution in [3.8, 4) is 0 Å². The third-order valence-corrected chi connectivity index (χ3v) is 1.64. The third kappa shape index (κ3) is 5.39. The van der Waals surface area contributed by atoms with E-state index in [2.05, 4.69) is 11.9 Å². The van der Waals surface area contributed by atoms with Gasteiger partial charge in [-0.2, -0.15) is 0 Å². The SMILES string of the molecule is C=C/C=C(\C=C/C)C(O)CNCC. The first-order chi connectivity index (χ1) is 6.26. The first-order valence-electron chi connectivity index (χ1n) is 4.60. The number of rotatable bonds is 6. The van der Waals surface area contributed by atoms with Crippen molar-refractivity contribution in [2.75, 3.05) is 13.1 Å². The van der Waals surface area contributed by atoms with Crippen LogP contribution in [0, 0.1) is 0 Å². The van der Waals surface area contributed by atoms with Crippen LogP contribution in [0.15, 0.2) is 36.5 Å². The molecule has 0 saturated heterocycles. The molecule has 0 aliphatic carbocycles. The Morgan fingerprint density at radius 3 is 2.77 bits per heavy atom. The van der Waals surface area contributed by atoms with Gasteiger partial charge in [-0.25, -0.2) is 0 Å².